The van der Waals surface area contributed by atoms with Crippen LogP contribution in [-0.4, -0.2) is 30.6 Å². The number of hydrogen-bond donors (Lipinski definition) is 2. The van der Waals surface area contributed by atoms with E-state index in [1.807, 2.05) is 13.0 Å². The normalized spacial score (nSPS) is 18.0. The topological polar surface area (TPSA) is 77.2 Å². The molecule has 0 unspecified atom stereocenters. The van der Waals surface area contributed by atoms with E-state index >= 15 is 0 Å². The van der Waals surface area contributed by atoms with Crippen LogP contribution in [0.4, 0.5) is 0 Å². The van der Waals surface area contributed by atoms with Gasteiger partial charge in [-0.3, -0.25) is 9.78 Å². The summed E-state index contributed by atoms with van der Waals surface area (Å²) in [7, 11) is 0. The van der Waals surface area contributed by atoms with Crippen LogP contribution >= 0.6 is 0 Å². The molecule has 1 amide bonds. The summed E-state index contributed by atoms with van der Waals surface area (Å²) in [5.74, 6) is 0.0366. The fraction of sp³-hybridized carbons (Fsp3) is 0.571. The molecule has 0 aromatic carbocycles. The van der Waals surface area contributed by atoms with Gasteiger partial charge in [0.25, 0.3) is 0 Å². The van der Waals surface area contributed by atoms with E-state index in [4.69, 9.17) is 10.5 Å². The van der Waals surface area contributed by atoms with Gasteiger partial charge in [-0.15, -0.1) is 0 Å². The number of carbonyl (C=O) groups excluding carboxylic acids is 1. The maximum atomic E-state index is 12.4. The van der Waals surface area contributed by atoms with E-state index in [0.717, 1.165) is 11.1 Å². The largest absolute Gasteiger partial charge is 0.381 e. The predicted molar refractivity (Wildman–Crippen MR) is 72.4 cm³/mol. The smallest absolute Gasteiger partial charge is 0.227 e. The SMILES string of the molecule is Cc1cnccc1CNC(=O)C1(CN)CCOCC1. The van der Waals surface area contributed by atoms with E-state index in [0.29, 0.717) is 39.1 Å². The lowest BCUT2D eigenvalue weighted by Gasteiger charge is -2.34. The fourth-order valence-electron chi connectivity index (χ4n) is 2.35. The van der Waals surface area contributed by atoms with E-state index in [9.17, 15) is 4.79 Å². The number of nitrogens with two attached hydrogens (primary N) is 1. The molecule has 5 heteroatoms. The van der Waals surface area contributed by atoms with Crippen LogP contribution in [0.5, 0.6) is 0 Å². The van der Waals surface area contributed by atoms with Crippen LogP contribution in [0.15, 0.2) is 18.5 Å². The number of rotatable bonds is 4. The highest BCUT2D eigenvalue weighted by Crippen LogP contribution is 2.29. The first kappa shape index (κ1) is 14.0. The van der Waals surface area contributed by atoms with Gasteiger partial charge in [0.1, 0.15) is 0 Å². The maximum absolute atomic E-state index is 12.4. The van der Waals surface area contributed by atoms with Gasteiger partial charge in [0.15, 0.2) is 0 Å². The highest BCUT2D eigenvalue weighted by molar-refractivity contribution is 5.83. The Kier molecular flexibility index (Phi) is 4.50. The van der Waals surface area contributed by atoms with Gasteiger partial charge < -0.3 is 15.8 Å². The second-order valence-corrected chi connectivity index (χ2v) is 5.08. The van der Waals surface area contributed by atoms with Crippen molar-refractivity contribution >= 4 is 5.91 Å². The molecule has 19 heavy (non-hydrogen) atoms. The molecule has 0 atom stereocenters. The van der Waals surface area contributed by atoms with E-state index in [1.54, 1.807) is 12.4 Å². The molecule has 0 spiro atoms. The second-order valence-electron chi connectivity index (χ2n) is 5.08. The molecule has 1 aliphatic rings. The van der Waals surface area contributed by atoms with Crippen molar-refractivity contribution in [1.29, 1.82) is 0 Å². The Balaban J connectivity index is 1.98. The molecular weight excluding hydrogens is 242 g/mol. The summed E-state index contributed by atoms with van der Waals surface area (Å²) in [5.41, 5.74) is 7.52. The minimum Gasteiger partial charge on any atom is -0.381 e. The van der Waals surface area contributed by atoms with Gasteiger partial charge in [0, 0.05) is 38.7 Å². The first-order chi connectivity index (χ1) is 9.18. The van der Waals surface area contributed by atoms with E-state index in [2.05, 4.69) is 10.3 Å². The van der Waals surface area contributed by atoms with Gasteiger partial charge in [-0.05, 0) is 37.0 Å². The van der Waals surface area contributed by atoms with Crippen molar-refractivity contribution in [3.8, 4) is 0 Å². The summed E-state index contributed by atoms with van der Waals surface area (Å²) in [6.07, 6.45) is 4.94. The van der Waals surface area contributed by atoms with Gasteiger partial charge in [-0.2, -0.15) is 0 Å². The number of carbonyl (C=O) groups is 1. The number of aromatic nitrogens is 1. The number of amides is 1. The van der Waals surface area contributed by atoms with Crippen molar-refractivity contribution in [2.24, 2.45) is 11.1 Å². The minimum atomic E-state index is -0.459. The van der Waals surface area contributed by atoms with Gasteiger partial charge >= 0.3 is 0 Å². The van der Waals surface area contributed by atoms with Crippen molar-refractivity contribution in [2.45, 2.75) is 26.3 Å². The van der Waals surface area contributed by atoms with Crippen LogP contribution in [0, 0.1) is 12.3 Å². The summed E-state index contributed by atoms with van der Waals surface area (Å²) in [6.45, 7) is 4.10. The molecule has 5 nitrogen and oxygen atoms in total. The minimum absolute atomic E-state index is 0.0366. The first-order valence-electron chi connectivity index (χ1n) is 6.63. The summed E-state index contributed by atoms with van der Waals surface area (Å²) in [5, 5.41) is 3.00. The molecule has 104 valence electrons. The summed E-state index contributed by atoms with van der Waals surface area (Å²) in [6, 6.07) is 1.93. The highest BCUT2D eigenvalue weighted by atomic mass is 16.5. The predicted octanol–water partition coefficient (Wildman–Crippen LogP) is 0.762. The summed E-state index contributed by atoms with van der Waals surface area (Å²) < 4.78 is 5.31. The highest BCUT2D eigenvalue weighted by Gasteiger charge is 2.38. The lowest BCUT2D eigenvalue weighted by Crippen LogP contribution is -2.49. The number of ether oxygens (including phenoxy) is 1. The monoisotopic (exact) mass is 263 g/mol. The third kappa shape index (κ3) is 3.11. The van der Waals surface area contributed by atoms with Gasteiger partial charge in [0.2, 0.25) is 5.91 Å². The molecule has 0 bridgehead atoms. The molecular formula is C14H21N3O2. The molecule has 3 N–H and O–H groups in total. The van der Waals surface area contributed by atoms with Crippen molar-refractivity contribution < 1.29 is 9.53 Å². The molecule has 1 fully saturated rings. The Morgan fingerprint density at radius 3 is 2.89 bits per heavy atom. The van der Waals surface area contributed by atoms with Crippen LogP contribution in [-0.2, 0) is 16.1 Å². The third-order valence-corrected chi connectivity index (χ3v) is 3.90. The lowest BCUT2D eigenvalue weighted by molar-refractivity contribution is -0.136. The Morgan fingerprint density at radius 1 is 1.53 bits per heavy atom. The molecule has 0 radical (unpaired) electrons. The molecule has 1 aromatic rings. The zero-order valence-electron chi connectivity index (χ0n) is 11.3. The number of hydrogen-bond acceptors (Lipinski definition) is 4. The molecule has 2 heterocycles. The molecule has 1 aliphatic heterocycles. The molecule has 2 rings (SSSR count). The van der Waals surface area contributed by atoms with E-state index in [-0.39, 0.29) is 5.91 Å². The van der Waals surface area contributed by atoms with Crippen LogP contribution in [0.3, 0.4) is 0 Å². The average molecular weight is 263 g/mol. The summed E-state index contributed by atoms with van der Waals surface area (Å²) in [4.78, 5) is 16.4. The van der Waals surface area contributed by atoms with Crippen molar-refractivity contribution in [2.75, 3.05) is 19.8 Å². The molecule has 1 saturated heterocycles. The third-order valence-electron chi connectivity index (χ3n) is 3.90. The van der Waals surface area contributed by atoms with Crippen molar-refractivity contribution in [1.82, 2.24) is 10.3 Å². The standard InChI is InChI=1S/C14H21N3O2/c1-11-8-16-5-2-12(11)9-17-13(18)14(10-15)3-6-19-7-4-14/h2,5,8H,3-4,6-7,9-10,15H2,1H3,(H,17,18). The van der Waals surface area contributed by atoms with Crippen molar-refractivity contribution in [3.63, 3.8) is 0 Å². The first-order valence-corrected chi connectivity index (χ1v) is 6.63. The molecule has 0 saturated carbocycles. The van der Waals surface area contributed by atoms with E-state index in [1.165, 1.54) is 0 Å². The second kappa shape index (κ2) is 6.12. The van der Waals surface area contributed by atoms with Crippen molar-refractivity contribution in [3.05, 3.63) is 29.6 Å². The number of pyridine rings is 1. The Hall–Kier alpha value is -1.46. The van der Waals surface area contributed by atoms with Crippen LogP contribution < -0.4 is 11.1 Å². The van der Waals surface area contributed by atoms with Gasteiger partial charge in [-0.1, -0.05) is 0 Å². The lowest BCUT2D eigenvalue weighted by atomic mass is 9.79. The zero-order valence-corrected chi connectivity index (χ0v) is 11.3. The Morgan fingerprint density at radius 2 is 2.26 bits per heavy atom. The summed E-state index contributed by atoms with van der Waals surface area (Å²) >= 11 is 0. The van der Waals surface area contributed by atoms with Crippen LogP contribution in [0.25, 0.3) is 0 Å². The zero-order chi connectivity index (χ0) is 13.7. The molecule has 0 aliphatic carbocycles. The van der Waals surface area contributed by atoms with Gasteiger partial charge in [-0.25, -0.2) is 0 Å². The molecule has 1 aromatic heterocycles. The quantitative estimate of drug-likeness (QED) is 0.841. The van der Waals surface area contributed by atoms with Crippen LogP contribution in [0.2, 0.25) is 0 Å². The maximum Gasteiger partial charge on any atom is 0.227 e. The Labute approximate surface area is 113 Å². The Bertz CT molecular complexity index is 442. The number of nitrogens with one attached hydrogen (secondary N) is 1. The fourth-order valence-corrected chi connectivity index (χ4v) is 2.35. The van der Waals surface area contributed by atoms with E-state index < -0.39 is 5.41 Å². The number of aryl methyl sites for hydroxylation is 1. The van der Waals surface area contributed by atoms with Crippen LogP contribution in [0.1, 0.15) is 24.0 Å². The van der Waals surface area contributed by atoms with Gasteiger partial charge in [0.05, 0.1) is 5.41 Å². The number of nitrogens with zero attached hydrogens (tertiary/aromatic N) is 1. The average Bonchev–Trinajstić information content (AvgIpc) is 2.46.